The number of amides is 1. The maximum Gasteiger partial charge on any atom is 0.227 e. The van der Waals surface area contributed by atoms with Gasteiger partial charge in [-0.1, -0.05) is 0 Å². The van der Waals surface area contributed by atoms with E-state index in [0.29, 0.717) is 6.54 Å². The fraction of sp³-hybridized carbons (Fsp3) is 0.636. The van der Waals surface area contributed by atoms with E-state index in [9.17, 15) is 4.79 Å². The lowest BCUT2D eigenvalue weighted by molar-refractivity contribution is -0.129. The van der Waals surface area contributed by atoms with Crippen LogP contribution in [0.25, 0.3) is 0 Å². The number of carbonyl (C=O) groups excluding carboxylic acids is 1. The molecule has 1 aromatic rings. The highest BCUT2D eigenvalue weighted by molar-refractivity contribution is 7.09. The molecule has 4 nitrogen and oxygen atoms in total. The molecule has 1 fully saturated rings. The van der Waals surface area contributed by atoms with Crippen molar-refractivity contribution in [3.63, 3.8) is 0 Å². The molecule has 1 aliphatic heterocycles. The summed E-state index contributed by atoms with van der Waals surface area (Å²) in [6, 6.07) is 0. The van der Waals surface area contributed by atoms with Crippen LogP contribution in [0.5, 0.6) is 0 Å². The predicted octanol–water partition coefficient (Wildman–Crippen LogP) is 1.64. The summed E-state index contributed by atoms with van der Waals surface area (Å²) in [6.45, 7) is 4.43. The van der Waals surface area contributed by atoms with Crippen molar-refractivity contribution in [1.29, 1.82) is 0 Å². The molecule has 104 valence electrons. The zero-order valence-electron chi connectivity index (χ0n) is 10.3. The lowest BCUT2D eigenvalue weighted by Crippen LogP contribution is -2.41. The van der Waals surface area contributed by atoms with E-state index in [4.69, 9.17) is 0 Å². The molecule has 0 saturated carbocycles. The van der Waals surface area contributed by atoms with Crippen molar-refractivity contribution in [2.75, 3.05) is 19.6 Å². The summed E-state index contributed by atoms with van der Waals surface area (Å²) in [5.74, 6) is 0.161. The number of rotatable bonds is 4. The molecule has 0 radical (unpaired) electrons. The first-order chi connectivity index (χ1) is 7.71. The van der Waals surface area contributed by atoms with Crippen LogP contribution in [-0.2, 0) is 11.2 Å². The normalized spacial score (nSPS) is 21.8. The van der Waals surface area contributed by atoms with E-state index >= 15 is 0 Å². The quantitative estimate of drug-likeness (QED) is 0.889. The van der Waals surface area contributed by atoms with Crippen LogP contribution in [0.3, 0.4) is 0 Å². The number of hydrogen-bond donors (Lipinski definition) is 2. The first-order valence-corrected chi connectivity index (χ1v) is 6.46. The molecule has 1 unspecified atom stereocenters. The van der Waals surface area contributed by atoms with E-state index in [1.807, 2.05) is 12.3 Å². The van der Waals surface area contributed by atoms with Crippen molar-refractivity contribution in [2.45, 2.75) is 19.8 Å². The molecule has 0 spiro atoms. The van der Waals surface area contributed by atoms with Gasteiger partial charge in [0.1, 0.15) is 0 Å². The summed E-state index contributed by atoms with van der Waals surface area (Å²) in [7, 11) is 0. The number of aromatic nitrogens is 1. The number of nitrogens with one attached hydrogen (secondary N) is 2. The number of thiazole rings is 1. The first-order valence-electron chi connectivity index (χ1n) is 5.58. The molecule has 0 aromatic carbocycles. The first kappa shape index (κ1) is 17.6. The third-order valence-corrected chi connectivity index (χ3v) is 3.86. The fourth-order valence-corrected chi connectivity index (χ4v) is 2.50. The van der Waals surface area contributed by atoms with Gasteiger partial charge in [-0.3, -0.25) is 4.79 Å². The molecule has 2 rings (SSSR count). The van der Waals surface area contributed by atoms with Crippen molar-refractivity contribution < 1.29 is 4.79 Å². The molecule has 1 atom stereocenters. The molecule has 0 aliphatic carbocycles. The van der Waals surface area contributed by atoms with Crippen molar-refractivity contribution in [1.82, 2.24) is 15.6 Å². The van der Waals surface area contributed by atoms with Gasteiger partial charge in [-0.25, -0.2) is 4.98 Å². The van der Waals surface area contributed by atoms with E-state index < -0.39 is 0 Å². The van der Waals surface area contributed by atoms with Gasteiger partial charge in [-0.05, 0) is 19.9 Å². The summed E-state index contributed by atoms with van der Waals surface area (Å²) in [5.41, 5.74) is -0.219. The third kappa shape index (κ3) is 4.39. The Kier molecular flexibility index (Phi) is 7.78. The molecule has 7 heteroatoms. The maximum absolute atomic E-state index is 11.9. The molecule has 1 amide bonds. The van der Waals surface area contributed by atoms with Crippen LogP contribution >= 0.6 is 36.2 Å². The van der Waals surface area contributed by atoms with Gasteiger partial charge in [-0.15, -0.1) is 36.2 Å². The fourth-order valence-electron chi connectivity index (χ4n) is 1.88. The third-order valence-electron chi connectivity index (χ3n) is 3.02. The van der Waals surface area contributed by atoms with Crippen LogP contribution in [0, 0.1) is 5.41 Å². The van der Waals surface area contributed by atoms with Gasteiger partial charge < -0.3 is 10.6 Å². The van der Waals surface area contributed by atoms with E-state index in [2.05, 4.69) is 15.6 Å². The Bertz CT molecular complexity index is 353. The van der Waals surface area contributed by atoms with Gasteiger partial charge in [-0.2, -0.15) is 0 Å². The van der Waals surface area contributed by atoms with Crippen LogP contribution in [0.1, 0.15) is 18.4 Å². The lowest BCUT2D eigenvalue weighted by atomic mass is 9.89. The van der Waals surface area contributed by atoms with E-state index in [1.165, 1.54) is 0 Å². The Morgan fingerprint density at radius 2 is 2.39 bits per heavy atom. The Balaban J connectivity index is 0.00000144. The van der Waals surface area contributed by atoms with E-state index in [0.717, 1.165) is 30.9 Å². The smallest absolute Gasteiger partial charge is 0.227 e. The summed E-state index contributed by atoms with van der Waals surface area (Å²) in [5, 5.41) is 9.25. The monoisotopic (exact) mass is 311 g/mol. The SMILES string of the molecule is CC1(C(=O)NCCc2nccs2)CCNC1.Cl.Cl. The second-order valence-corrected chi connectivity index (χ2v) is 5.40. The van der Waals surface area contributed by atoms with Gasteiger partial charge in [0, 0.05) is 31.1 Å². The number of hydrogen-bond acceptors (Lipinski definition) is 4. The summed E-state index contributed by atoms with van der Waals surface area (Å²) >= 11 is 1.63. The van der Waals surface area contributed by atoms with E-state index in [1.54, 1.807) is 17.5 Å². The minimum absolute atomic E-state index is 0. The van der Waals surface area contributed by atoms with Crippen molar-refractivity contribution in [2.24, 2.45) is 5.41 Å². The van der Waals surface area contributed by atoms with Crippen molar-refractivity contribution in [3.8, 4) is 0 Å². The number of nitrogens with zero attached hydrogens (tertiary/aromatic N) is 1. The average Bonchev–Trinajstić information content (AvgIpc) is 2.90. The van der Waals surface area contributed by atoms with Gasteiger partial charge in [0.05, 0.1) is 10.4 Å². The van der Waals surface area contributed by atoms with E-state index in [-0.39, 0.29) is 36.1 Å². The Morgan fingerprint density at radius 3 is 2.94 bits per heavy atom. The summed E-state index contributed by atoms with van der Waals surface area (Å²) in [4.78, 5) is 16.1. The van der Waals surface area contributed by atoms with Gasteiger partial charge in [0.2, 0.25) is 5.91 Å². The summed E-state index contributed by atoms with van der Waals surface area (Å²) in [6.07, 6.45) is 3.55. The standard InChI is InChI=1S/C11H17N3OS.2ClH/c1-11(3-5-12-8-11)10(15)14-4-2-9-13-6-7-16-9;;/h6-7,12H,2-5,8H2,1H3,(H,14,15);2*1H. The van der Waals surface area contributed by atoms with Crippen LogP contribution < -0.4 is 10.6 Å². The van der Waals surface area contributed by atoms with Gasteiger partial charge >= 0.3 is 0 Å². The highest BCUT2D eigenvalue weighted by Crippen LogP contribution is 2.24. The molecule has 18 heavy (non-hydrogen) atoms. The zero-order chi connectivity index (χ0) is 11.4. The molecular formula is C11H19Cl2N3OS. The highest BCUT2D eigenvalue weighted by atomic mass is 35.5. The van der Waals surface area contributed by atoms with Crippen molar-refractivity contribution >= 4 is 42.1 Å². The Morgan fingerprint density at radius 1 is 1.61 bits per heavy atom. The van der Waals surface area contributed by atoms with Crippen molar-refractivity contribution in [3.05, 3.63) is 16.6 Å². The summed E-state index contributed by atoms with van der Waals surface area (Å²) < 4.78 is 0. The van der Waals surface area contributed by atoms with Crippen LogP contribution in [0.15, 0.2) is 11.6 Å². The van der Waals surface area contributed by atoms with Crippen LogP contribution in [-0.4, -0.2) is 30.5 Å². The lowest BCUT2D eigenvalue weighted by Gasteiger charge is -2.21. The topological polar surface area (TPSA) is 54.0 Å². The second-order valence-electron chi connectivity index (χ2n) is 4.42. The molecule has 1 aliphatic rings. The largest absolute Gasteiger partial charge is 0.355 e. The molecule has 2 heterocycles. The maximum atomic E-state index is 11.9. The minimum Gasteiger partial charge on any atom is -0.355 e. The molecule has 1 aromatic heterocycles. The molecule has 0 bridgehead atoms. The predicted molar refractivity (Wildman–Crippen MR) is 78.9 cm³/mol. The number of carbonyl (C=O) groups is 1. The van der Waals surface area contributed by atoms with Crippen LogP contribution in [0.4, 0.5) is 0 Å². The molecular weight excluding hydrogens is 293 g/mol. The average molecular weight is 312 g/mol. The second kappa shape index (κ2) is 7.94. The Hall–Kier alpha value is -0.360. The molecule has 1 saturated heterocycles. The van der Waals surface area contributed by atoms with Gasteiger partial charge in [0.15, 0.2) is 0 Å². The zero-order valence-corrected chi connectivity index (χ0v) is 12.7. The minimum atomic E-state index is -0.219. The highest BCUT2D eigenvalue weighted by Gasteiger charge is 2.35. The molecule has 2 N–H and O–H groups in total. The Labute approximate surface area is 124 Å². The van der Waals surface area contributed by atoms with Gasteiger partial charge in [0.25, 0.3) is 0 Å². The number of halogens is 2. The van der Waals surface area contributed by atoms with Crippen LogP contribution in [0.2, 0.25) is 0 Å².